The fourth-order valence-corrected chi connectivity index (χ4v) is 2.83. The second-order valence-corrected chi connectivity index (χ2v) is 5.55. The smallest absolute Gasteiger partial charge is 0.180 e. The highest BCUT2D eigenvalue weighted by Gasteiger charge is 2.29. The Morgan fingerprint density at radius 1 is 1.42 bits per heavy atom. The van der Waals surface area contributed by atoms with Gasteiger partial charge in [-0.05, 0) is 37.4 Å². The average Bonchev–Trinajstić information content (AvgIpc) is 2.76. The Morgan fingerprint density at radius 2 is 2.16 bits per heavy atom. The molecule has 1 aliphatic rings. The van der Waals surface area contributed by atoms with Crippen LogP contribution < -0.4 is 0 Å². The molecule has 19 heavy (non-hydrogen) atoms. The lowest BCUT2D eigenvalue weighted by atomic mass is 10.0. The molecule has 104 valence electrons. The second kappa shape index (κ2) is 5.61. The quantitative estimate of drug-likeness (QED) is 0.819. The molecule has 0 bridgehead atoms. The monoisotopic (exact) mass is 263 g/mol. The molecule has 0 aliphatic carbocycles. The molecule has 4 nitrogen and oxygen atoms in total. The summed E-state index contributed by atoms with van der Waals surface area (Å²) in [4.78, 5) is 14.4. The summed E-state index contributed by atoms with van der Waals surface area (Å²) in [7, 11) is 0. The predicted molar refractivity (Wildman–Crippen MR) is 73.5 cm³/mol. The van der Waals surface area contributed by atoms with Gasteiger partial charge in [0.15, 0.2) is 5.78 Å². The van der Waals surface area contributed by atoms with E-state index in [-0.39, 0.29) is 22.8 Å². The summed E-state index contributed by atoms with van der Waals surface area (Å²) in [5.41, 5.74) is 0.284. The fourth-order valence-electron chi connectivity index (χ4n) is 2.83. The van der Waals surface area contributed by atoms with E-state index in [4.69, 9.17) is 0 Å². The molecule has 2 N–H and O–H groups in total. The van der Waals surface area contributed by atoms with Gasteiger partial charge in [0.25, 0.3) is 0 Å². The van der Waals surface area contributed by atoms with Crippen molar-refractivity contribution in [2.45, 2.75) is 32.7 Å². The van der Waals surface area contributed by atoms with Gasteiger partial charge in [-0.2, -0.15) is 0 Å². The van der Waals surface area contributed by atoms with Crippen LogP contribution in [0.25, 0.3) is 0 Å². The van der Waals surface area contributed by atoms with E-state index in [9.17, 15) is 15.0 Å². The number of benzene rings is 1. The van der Waals surface area contributed by atoms with E-state index in [1.165, 1.54) is 18.2 Å². The van der Waals surface area contributed by atoms with Gasteiger partial charge in [0.05, 0.1) is 12.1 Å². The van der Waals surface area contributed by atoms with Crippen molar-refractivity contribution < 1.29 is 15.0 Å². The Hall–Kier alpha value is -1.55. The van der Waals surface area contributed by atoms with Crippen molar-refractivity contribution in [2.75, 3.05) is 13.1 Å². The van der Waals surface area contributed by atoms with Crippen molar-refractivity contribution in [1.82, 2.24) is 4.90 Å². The van der Waals surface area contributed by atoms with Gasteiger partial charge in [-0.25, -0.2) is 0 Å². The largest absolute Gasteiger partial charge is 0.508 e. The van der Waals surface area contributed by atoms with Crippen molar-refractivity contribution in [2.24, 2.45) is 5.92 Å². The number of phenolic OH excluding ortho intramolecular Hbond substituents is 2. The van der Waals surface area contributed by atoms with Crippen molar-refractivity contribution >= 4 is 5.78 Å². The maximum absolute atomic E-state index is 12.2. The Kier molecular flexibility index (Phi) is 4.10. The Bertz CT molecular complexity index is 470. The van der Waals surface area contributed by atoms with Crippen LogP contribution in [0.3, 0.4) is 0 Å². The van der Waals surface area contributed by atoms with E-state index in [0.717, 1.165) is 19.4 Å². The van der Waals surface area contributed by atoms with Gasteiger partial charge in [0.1, 0.15) is 11.5 Å². The predicted octanol–water partition coefficient (Wildman–Crippen LogP) is 2.40. The number of likely N-dealkylation sites (tertiary alicyclic amines) is 1. The number of ketones is 1. The van der Waals surface area contributed by atoms with E-state index in [1.54, 1.807) is 0 Å². The third kappa shape index (κ3) is 3.07. The molecule has 0 amide bonds. The molecule has 1 aromatic carbocycles. The molecule has 1 fully saturated rings. The summed E-state index contributed by atoms with van der Waals surface area (Å²) < 4.78 is 0. The molecule has 0 radical (unpaired) electrons. The Labute approximate surface area is 113 Å². The number of hydrogen-bond donors (Lipinski definition) is 2. The number of aromatic hydroxyl groups is 2. The standard InChI is InChI=1S/C15H21NO3/c1-10(2)13-4-3-7-16(13)9-15(19)12-6-5-11(17)8-14(12)18/h5-6,8,10,13,17-18H,3-4,7,9H2,1-2H3. The lowest BCUT2D eigenvalue weighted by molar-refractivity contribution is 0.0901. The average molecular weight is 263 g/mol. The molecule has 1 saturated heterocycles. The first kappa shape index (κ1) is 13.9. The van der Waals surface area contributed by atoms with Gasteiger partial charge in [-0.15, -0.1) is 0 Å². The van der Waals surface area contributed by atoms with Gasteiger partial charge >= 0.3 is 0 Å². The minimum absolute atomic E-state index is 0.0321. The van der Waals surface area contributed by atoms with Crippen LogP contribution in [0.4, 0.5) is 0 Å². The molecule has 1 aliphatic heterocycles. The first-order valence-corrected chi connectivity index (χ1v) is 6.78. The molecule has 4 heteroatoms. The molecule has 0 spiro atoms. The summed E-state index contributed by atoms with van der Waals surface area (Å²) in [6.07, 6.45) is 2.25. The van der Waals surface area contributed by atoms with Crippen molar-refractivity contribution in [3.8, 4) is 11.5 Å². The Balaban J connectivity index is 2.08. The SMILES string of the molecule is CC(C)C1CCCN1CC(=O)c1ccc(O)cc1O. The minimum Gasteiger partial charge on any atom is -0.508 e. The molecule has 2 rings (SSSR count). The van der Waals surface area contributed by atoms with Crippen LogP contribution in [0.15, 0.2) is 18.2 Å². The lowest BCUT2D eigenvalue weighted by Gasteiger charge is -2.26. The number of phenols is 2. The molecular weight excluding hydrogens is 242 g/mol. The summed E-state index contributed by atoms with van der Waals surface area (Å²) in [5.74, 6) is 0.259. The van der Waals surface area contributed by atoms with Gasteiger partial charge in [0, 0.05) is 12.1 Å². The minimum atomic E-state index is -0.148. The summed E-state index contributed by atoms with van der Waals surface area (Å²) in [5, 5.41) is 18.9. The van der Waals surface area contributed by atoms with E-state index in [1.807, 2.05) is 0 Å². The molecule has 1 heterocycles. The number of rotatable bonds is 4. The lowest BCUT2D eigenvalue weighted by Crippen LogP contribution is -2.37. The second-order valence-electron chi connectivity index (χ2n) is 5.55. The molecule has 1 unspecified atom stereocenters. The van der Waals surface area contributed by atoms with Crippen LogP contribution in [0.1, 0.15) is 37.0 Å². The highest BCUT2D eigenvalue weighted by atomic mass is 16.3. The third-order valence-electron chi connectivity index (χ3n) is 3.81. The zero-order chi connectivity index (χ0) is 14.0. The number of Topliss-reactive ketones (excluding diaryl/α,β-unsaturated/α-hetero) is 1. The van der Waals surface area contributed by atoms with Gasteiger partial charge in [-0.3, -0.25) is 9.69 Å². The zero-order valence-corrected chi connectivity index (χ0v) is 11.5. The molecule has 0 saturated carbocycles. The van der Waals surface area contributed by atoms with Crippen LogP contribution >= 0.6 is 0 Å². The van der Waals surface area contributed by atoms with E-state index in [2.05, 4.69) is 18.7 Å². The normalized spacial score (nSPS) is 20.1. The Morgan fingerprint density at radius 3 is 2.79 bits per heavy atom. The number of nitrogens with zero attached hydrogens (tertiary/aromatic N) is 1. The highest BCUT2D eigenvalue weighted by molar-refractivity contribution is 6.00. The van der Waals surface area contributed by atoms with E-state index >= 15 is 0 Å². The van der Waals surface area contributed by atoms with Gasteiger partial charge in [-0.1, -0.05) is 13.8 Å². The maximum atomic E-state index is 12.2. The molecular formula is C15H21NO3. The molecule has 1 atom stereocenters. The first-order valence-electron chi connectivity index (χ1n) is 6.78. The number of carbonyl (C=O) groups excluding carboxylic acids is 1. The summed E-state index contributed by atoms with van der Waals surface area (Å²) >= 11 is 0. The van der Waals surface area contributed by atoms with Crippen LogP contribution in [-0.4, -0.2) is 40.0 Å². The van der Waals surface area contributed by atoms with Crippen molar-refractivity contribution in [3.63, 3.8) is 0 Å². The van der Waals surface area contributed by atoms with Crippen LogP contribution in [-0.2, 0) is 0 Å². The number of hydrogen-bond acceptors (Lipinski definition) is 4. The summed E-state index contributed by atoms with van der Waals surface area (Å²) in [6.45, 7) is 5.62. The topological polar surface area (TPSA) is 60.8 Å². The van der Waals surface area contributed by atoms with E-state index in [0.29, 0.717) is 18.5 Å². The van der Waals surface area contributed by atoms with Gasteiger partial charge < -0.3 is 10.2 Å². The fraction of sp³-hybridized carbons (Fsp3) is 0.533. The van der Waals surface area contributed by atoms with Crippen LogP contribution in [0.2, 0.25) is 0 Å². The third-order valence-corrected chi connectivity index (χ3v) is 3.81. The maximum Gasteiger partial charge on any atom is 0.180 e. The zero-order valence-electron chi connectivity index (χ0n) is 11.5. The highest BCUT2D eigenvalue weighted by Crippen LogP contribution is 2.26. The summed E-state index contributed by atoms with van der Waals surface area (Å²) in [6, 6.07) is 4.56. The van der Waals surface area contributed by atoms with E-state index < -0.39 is 0 Å². The molecule has 1 aromatic rings. The molecule has 0 aromatic heterocycles. The first-order chi connectivity index (χ1) is 8.99. The van der Waals surface area contributed by atoms with Crippen LogP contribution in [0, 0.1) is 5.92 Å². The number of carbonyl (C=O) groups is 1. The van der Waals surface area contributed by atoms with Gasteiger partial charge in [0.2, 0.25) is 0 Å². The van der Waals surface area contributed by atoms with Crippen molar-refractivity contribution in [3.05, 3.63) is 23.8 Å². The van der Waals surface area contributed by atoms with Crippen molar-refractivity contribution in [1.29, 1.82) is 0 Å². The van der Waals surface area contributed by atoms with Crippen LogP contribution in [0.5, 0.6) is 11.5 Å².